The Kier molecular flexibility index (Phi) is 2.47. The third-order valence-electron chi connectivity index (χ3n) is 3.16. The molecule has 0 unspecified atom stereocenters. The maximum absolute atomic E-state index is 13.6. The highest BCUT2D eigenvalue weighted by Crippen LogP contribution is 2.35. The lowest BCUT2D eigenvalue weighted by Gasteiger charge is -2.03. The summed E-state index contributed by atoms with van der Waals surface area (Å²) in [5.74, 6) is 0.437. The van der Waals surface area contributed by atoms with E-state index in [1.165, 1.54) is 0 Å². The average molecular weight is 289 g/mol. The van der Waals surface area contributed by atoms with E-state index in [4.69, 9.17) is 9.47 Å². The number of hydrogen-bond acceptors (Lipinski definition) is 4. The molecule has 0 spiro atoms. The van der Waals surface area contributed by atoms with Crippen molar-refractivity contribution in [3.05, 3.63) is 42.0 Å². The fraction of sp³-hybridized carbons (Fsp3) is 0.0714. The molecule has 5 nitrogen and oxygen atoms in total. The Hall–Kier alpha value is -2.83. The van der Waals surface area contributed by atoms with Crippen LogP contribution in [0, 0.1) is 11.6 Å². The Morgan fingerprint density at radius 3 is 2.76 bits per heavy atom. The van der Waals surface area contributed by atoms with Crippen LogP contribution in [0.5, 0.6) is 11.5 Å². The normalized spacial score (nSPS) is 12.9. The Bertz CT molecular complexity index is 807. The molecule has 1 aliphatic rings. The van der Waals surface area contributed by atoms with Gasteiger partial charge in [-0.25, -0.2) is 13.8 Å². The standard InChI is InChI=1S/C14H9F2N3O2/c15-7-1-2-8(16)9(3-7)17-14-18-10-4-12-13(21-6-20-12)5-11(10)19-14/h1-5H,6H2,(H2,17,18,19). The van der Waals surface area contributed by atoms with Gasteiger partial charge >= 0.3 is 0 Å². The van der Waals surface area contributed by atoms with Gasteiger partial charge in [0, 0.05) is 18.2 Å². The average Bonchev–Trinajstić information content (AvgIpc) is 3.05. The zero-order valence-corrected chi connectivity index (χ0v) is 10.6. The third-order valence-corrected chi connectivity index (χ3v) is 3.16. The SMILES string of the molecule is Fc1ccc(F)c(Nc2nc3cc4c(cc3[nH]2)OCO4)c1. The van der Waals surface area contributed by atoms with E-state index >= 15 is 0 Å². The second-order valence-corrected chi connectivity index (χ2v) is 4.56. The molecule has 0 saturated heterocycles. The second-order valence-electron chi connectivity index (χ2n) is 4.56. The molecule has 21 heavy (non-hydrogen) atoms. The lowest BCUT2D eigenvalue weighted by atomic mass is 10.3. The quantitative estimate of drug-likeness (QED) is 0.760. The number of imidazole rings is 1. The van der Waals surface area contributed by atoms with Crippen molar-refractivity contribution in [1.29, 1.82) is 0 Å². The summed E-state index contributed by atoms with van der Waals surface area (Å²) in [5, 5.41) is 2.71. The summed E-state index contributed by atoms with van der Waals surface area (Å²) < 4.78 is 37.3. The van der Waals surface area contributed by atoms with E-state index in [0.29, 0.717) is 28.5 Å². The molecule has 0 atom stereocenters. The molecule has 4 rings (SSSR count). The number of fused-ring (bicyclic) bond motifs is 2. The van der Waals surface area contributed by atoms with Crippen LogP contribution < -0.4 is 14.8 Å². The van der Waals surface area contributed by atoms with Crippen LogP contribution in [0.15, 0.2) is 30.3 Å². The van der Waals surface area contributed by atoms with Crippen LogP contribution in [0.25, 0.3) is 11.0 Å². The van der Waals surface area contributed by atoms with E-state index < -0.39 is 11.6 Å². The molecule has 1 aromatic heterocycles. The minimum Gasteiger partial charge on any atom is -0.454 e. The number of hydrogen-bond donors (Lipinski definition) is 2. The van der Waals surface area contributed by atoms with Gasteiger partial charge < -0.3 is 19.8 Å². The van der Waals surface area contributed by atoms with Gasteiger partial charge in [0.25, 0.3) is 0 Å². The molecule has 0 bridgehead atoms. The number of H-pyrrole nitrogens is 1. The van der Waals surface area contributed by atoms with Crippen LogP contribution in [0.1, 0.15) is 0 Å². The molecule has 3 aromatic rings. The molecular formula is C14H9F2N3O2. The van der Waals surface area contributed by atoms with E-state index in [9.17, 15) is 8.78 Å². The van der Waals surface area contributed by atoms with Crippen LogP contribution in [0.4, 0.5) is 20.4 Å². The number of rotatable bonds is 2. The molecule has 2 aromatic carbocycles. The summed E-state index contributed by atoms with van der Waals surface area (Å²) in [6, 6.07) is 6.64. The predicted octanol–water partition coefficient (Wildman–Crippen LogP) is 3.31. The summed E-state index contributed by atoms with van der Waals surface area (Å²) in [6.45, 7) is 0.182. The number of nitrogens with one attached hydrogen (secondary N) is 2. The van der Waals surface area contributed by atoms with E-state index in [0.717, 1.165) is 18.2 Å². The number of anilines is 2. The fourth-order valence-corrected chi connectivity index (χ4v) is 2.18. The zero-order chi connectivity index (χ0) is 14.4. The Balaban J connectivity index is 1.72. The van der Waals surface area contributed by atoms with Crippen molar-refractivity contribution in [1.82, 2.24) is 9.97 Å². The van der Waals surface area contributed by atoms with Gasteiger partial charge in [-0.15, -0.1) is 0 Å². The van der Waals surface area contributed by atoms with Gasteiger partial charge in [-0.1, -0.05) is 0 Å². The number of nitrogens with zero attached hydrogens (tertiary/aromatic N) is 1. The molecule has 106 valence electrons. The highest BCUT2D eigenvalue weighted by molar-refractivity contribution is 5.82. The van der Waals surface area contributed by atoms with Crippen molar-refractivity contribution in [3.8, 4) is 11.5 Å². The minimum atomic E-state index is -0.564. The highest BCUT2D eigenvalue weighted by Gasteiger charge is 2.16. The van der Waals surface area contributed by atoms with E-state index in [1.807, 2.05) is 0 Å². The number of benzene rings is 2. The first-order chi connectivity index (χ1) is 10.2. The Labute approximate surface area is 117 Å². The molecule has 0 aliphatic carbocycles. The van der Waals surface area contributed by atoms with Crippen LogP contribution in [0.3, 0.4) is 0 Å². The van der Waals surface area contributed by atoms with Crippen LogP contribution in [-0.4, -0.2) is 16.8 Å². The smallest absolute Gasteiger partial charge is 0.231 e. The molecule has 0 fully saturated rings. The van der Waals surface area contributed by atoms with E-state index in [2.05, 4.69) is 15.3 Å². The molecule has 0 amide bonds. The summed E-state index contributed by atoms with van der Waals surface area (Å²) in [6.07, 6.45) is 0. The summed E-state index contributed by atoms with van der Waals surface area (Å²) in [7, 11) is 0. The predicted molar refractivity (Wildman–Crippen MR) is 71.9 cm³/mol. The van der Waals surface area contributed by atoms with Crippen molar-refractivity contribution in [2.75, 3.05) is 12.1 Å². The van der Waals surface area contributed by atoms with Crippen molar-refractivity contribution in [3.63, 3.8) is 0 Å². The number of ether oxygens (including phenoxy) is 2. The molecule has 1 aliphatic heterocycles. The first kappa shape index (κ1) is 12.0. The topological polar surface area (TPSA) is 59.2 Å². The van der Waals surface area contributed by atoms with Crippen LogP contribution >= 0.6 is 0 Å². The minimum absolute atomic E-state index is 0.00842. The van der Waals surface area contributed by atoms with Gasteiger partial charge in [0.15, 0.2) is 11.5 Å². The maximum atomic E-state index is 13.6. The largest absolute Gasteiger partial charge is 0.454 e. The summed E-state index contributed by atoms with van der Waals surface area (Å²) in [4.78, 5) is 7.24. The summed E-state index contributed by atoms with van der Waals surface area (Å²) in [5.41, 5.74) is 1.35. The summed E-state index contributed by atoms with van der Waals surface area (Å²) >= 11 is 0. The Morgan fingerprint density at radius 1 is 1.10 bits per heavy atom. The van der Waals surface area contributed by atoms with Gasteiger partial charge in [0.2, 0.25) is 12.7 Å². The lowest BCUT2D eigenvalue weighted by Crippen LogP contribution is -1.96. The first-order valence-electron chi connectivity index (χ1n) is 6.20. The third kappa shape index (κ3) is 2.03. The number of aromatic amines is 1. The van der Waals surface area contributed by atoms with Gasteiger partial charge in [-0.2, -0.15) is 0 Å². The monoisotopic (exact) mass is 289 g/mol. The lowest BCUT2D eigenvalue weighted by molar-refractivity contribution is 0.174. The molecule has 0 saturated carbocycles. The van der Waals surface area contributed by atoms with Crippen molar-refractivity contribution in [2.45, 2.75) is 0 Å². The molecule has 0 radical (unpaired) electrons. The van der Waals surface area contributed by atoms with E-state index in [1.54, 1.807) is 12.1 Å². The van der Waals surface area contributed by atoms with Gasteiger partial charge in [-0.3, -0.25) is 0 Å². The van der Waals surface area contributed by atoms with Crippen LogP contribution in [0.2, 0.25) is 0 Å². The molecule has 2 heterocycles. The van der Waals surface area contributed by atoms with Crippen molar-refractivity contribution >= 4 is 22.7 Å². The van der Waals surface area contributed by atoms with Gasteiger partial charge in [-0.05, 0) is 12.1 Å². The van der Waals surface area contributed by atoms with Crippen LogP contribution in [-0.2, 0) is 0 Å². The van der Waals surface area contributed by atoms with E-state index in [-0.39, 0.29) is 12.5 Å². The zero-order valence-electron chi connectivity index (χ0n) is 10.6. The van der Waals surface area contributed by atoms with Gasteiger partial charge in [0.1, 0.15) is 11.6 Å². The molecule has 7 heteroatoms. The maximum Gasteiger partial charge on any atom is 0.231 e. The number of halogens is 2. The van der Waals surface area contributed by atoms with Crippen molar-refractivity contribution < 1.29 is 18.3 Å². The molecular weight excluding hydrogens is 280 g/mol. The highest BCUT2D eigenvalue weighted by atomic mass is 19.1. The number of aromatic nitrogens is 2. The fourth-order valence-electron chi connectivity index (χ4n) is 2.18. The van der Waals surface area contributed by atoms with Crippen molar-refractivity contribution in [2.24, 2.45) is 0 Å². The van der Waals surface area contributed by atoms with Gasteiger partial charge in [0.05, 0.1) is 16.7 Å². The first-order valence-corrected chi connectivity index (χ1v) is 6.20. The Morgan fingerprint density at radius 2 is 1.90 bits per heavy atom. The second kappa shape index (κ2) is 4.34. The molecule has 2 N–H and O–H groups in total.